The van der Waals surface area contributed by atoms with E-state index in [4.69, 9.17) is 12.2 Å². The zero-order valence-electron chi connectivity index (χ0n) is 6.83. The third-order valence-corrected chi connectivity index (χ3v) is 2.05. The topological polar surface area (TPSA) is 63.9 Å². The van der Waals surface area contributed by atoms with Gasteiger partial charge in [-0.05, 0) is 23.6 Å². The number of nitro groups is 1. The number of nitrogens with one attached hydrogen (secondary N) is 1. The van der Waals surface area contributed by atoms with Crippen LogP contribution in [0.5, 0.6) is 0 Å². The first-order valence-corrected chi connectivity index (χ1v) is 3.91. The first kappa shape index (κ1) is 8.92. The van der Waals surface area contributed by atoms with Gasteiger partial charge in [-0.1, -0.05) is 6.92 Å². The van der Waals surface area contributed by atoms with Crippen LogP contribution in [0.15, 0.2) is 0 Å². The average molecular weight is 187 g/mol. The van der Waals surface area contributed by atoms with Gasteiger partial charge in [-0.25, -0.2) is 4.57 Å². The monoisotopic (exact) mass is 187 g/mol. The lowest BCUT2D eigenvalue weighted by Crippen LogP contribution is -1.99. The Hall–Kier alpha value is -1.17. The fourth-order valence-electron chi connectivity index (χ4n) is 1.05. The summed E-state index contributed by atoms with van der Waals surface area (Å²) < 4.78 is 1.76. The number of aryl methyl sites for hydroxylation is 1. The van der Waals surface area contributed by atoms with Crippen LogP contribution >= 0.6 is 12.2 Å². The molecule has 0 bridgehead atoms. The molecule has 12 heavy (non-hydrogen) atoms. The van der Waals surface area contributed by atoms with Gasteiger partial charge in [0.2, 0.25) is 0 Å². The van der Waals surface area contributed by atoms with Crippen molar-refractivity contribution < 1.29 is 4.92 Å². The molecule has 6 heteroatoms. The summed E-state index contributed by atoms with van der Waals surface area (Å²) >= 11 is 4.85. The first-order chi connectivity index (χ1) is 5.57. The van der Waals surface area contributed by atoms with E-state index in [2.05, 4.69) is 4.98 Å². The second-order valence-corrected chi connectivity index (χ2v) is 2.79. The summed E-state index contributed by atoms with van der Waals surface area (Å²) in [5.74, 6) is 0.0579. The van der Waals surface area contributed by atoms with Crippen molar-refractivity contribution in [3.63, 3.8) is 0 Å². The van der Waals surface area contributed by atoms with E-state index in [9.17, 15) is 10.1 Å². The van der Waals surface area contributed by atoms with Gasteiger partial charge >= 0.3 is 5.82 Å². The van der Waals surface area contributed by atoms with Crippen LogP contribution in [0.4, 0.5) is 5.82 Å². The van der Waals surface area contributed by atoms with Crippen molar-refractivity contribution in [1.29, 1.82) is 0 Å². The largest absolute Gasteiger partial charge is 0.358 e. The lowest BCUT2D eigenvalue weighted by Gasteiger charge is -1.95. The molecule has 1 aromatic rings. The van der Waals surface area contributed by atoms with Crippen molar-refractivity contribution in [2.24, 2.45) is 7.05 Å². The van der Waals surface area contributed by atoms with Crippen molar-refractivity contribution in [2.45, 2.75) is 13.3 Å². The Morgan fingerprint density at radius 1 is 1.75 bits per heavy atom. The Balaban J connectivity index is 3.41. The molecule has 66 valence electrons. The van der Waals surface area contributed by atoms with Gasteiger partial charge in [0.05, 0.1) is 7.05 Å². The van der Waals surface area contributed by atoms with Crippen LogP contribution in [-0.2, 0) is 13.5 Å². The van der Waals surface area contributed by atoms with Crippen molar-refractivity contribution in [1.82, 2.24) is 9.55 Å². The summed E-state index contributed by atoms with van der Waals surface area (Å²) in [6.07, 6.45) is 0.584. The maximum atomic E-state index is 10.5. The van der Waals surface area contributed by atoms with Crippen LogP contribution < -0.4 is 0 Å². The molecule has 0 aliphatic rings. The number of rotatable bonds is 2. The van der Waals surface area contributed by atoms with Gasteiger partial charge in [0.25, 0.3) is 4.77 Å². The van der Waals surface area contributed by atoms with Crippen LogP contribution in [0.3, 0.4) is 0 Å². The number of nitrogens with zero attached hydrogens (tertiary/aromatic N) is 2. The maximum absolute atomic E-state index is 10.5. The van der Waals surface area contributed by atoms with Crippen LogP contribution in [0.2, 0.25) is 0 Å². The molecular formula is C6H9N3O2S. The molecule has 0 aliphatic heterocycles. The number of aromatic nitrogens is 2. The number of aromatic amines is 1. The normalized spacial score (nSPS) is 10.2. The highest BCUT2D eigenvalue weighted by Crippen LogP contribution is 2.16. The van der Waals surface area contributed by atoms with E-state index < -0.39 is 4.92 Å². The Morgan fingerprint density at radius 2 is 2.33 bits per heavy atom. The molecule has 1 N–H and O–H groups in total. The molecule has 0 radical (unpaired) electrons. The molecule has 0 atom stereocenters. The minimum absolute atomic E-state index is 0.0579. The Kier molecular flexibility index (Phi) is 2.27. The quantitative estimate of drug-likeness (QED) is 0.434. The van der Waals surface area contributed by atoms with E-state index in [0.717, 1.165) is 0 Å². The molecule has 0 aromatic carbocycles. The Bertz CT molecular complexity index is 365. The average Bonchev–Trinajstić information content (AvgIpc) is 2.28. The third kappa shape index (κ3) is 1.25. The van der Waals surface area contributed by atoms with Gasteiger partial charge in [0, 0.05) is 0 Å². The number of imidazole rings is 1. The second kappa shape index (κ2) is 3.06. The predicted molar refractivity (Wildman–Crippen MR) is 46.6 cm³/mol. The summed E-state index contributed by atoms with van der Waals surface area (Å²) in [6.45, 7) is 1.84. The highest BCUT2D eigenvalue weighted by atomic mass is 32.1. The summed E-state index contributed by atoms with van der Waals surface area (Å²) in [4.78, 5) is 12.9. The standard InChI is InChI=1S/C6H9N3O2S/c1-3-4-5(9(10)11)8(2)6(12)7-4/h3H2,1-2H3,(H,7,12). The van der Waals surface area contributed by atoms with Crippen LogP contribution in [-0.4, -0.2) is 14.5 Å². The lowest BCUT2D eigenvalue weighted by atomic mass is 10.3. The molecule has 0 saturated heterocycles. The Labute approximate surface area is 74.2 Å². The molecule has 1 heterocycles. The van der Waals surface area contributed by atoms with E-state index in [1.807, 2.05) is 6.92 Å². The molecule has 1 aromatic heterocycles. The second-order valence-electron chi connectivity index (χ2n) is 2.40. The summed E-state index contributed by atoms with van der Waals surface area (Å²) in [6, 6.07) is 0. The van der Waals surface area contributed by atoms with E-state index in [0.29, 0.717) is 16.9 Å². The van der Waals surface area contributed by atoms with E-state index in [1.165, 1.54) is 4.57 Å². The van der Waals surface area contributed by atoms with Crippen LogP contribution in [0, 0.1) is 14.9 Å². The van der Waals surface area contributed by atoms with Crippen LogP contribution in [0.25, 0.3) is 0 Å². The van der Waals surface area contributed by atoms with Gasteiger partial charge < -0.3 is 15.1 Å². The number of hydrogen-bond donors (Lipinski definition) is 1. The van der Waals surface area contributed by atoms with Gasteiger partial charge in [-0.15, -0.1) is 0 Å². The maximum Gasteiger partial charge on any atom is 0.344 e. The molecule has 0 spiro atoms. The van der Waals surface area contributed by atoms with Gasteiger partial charge in [0.15, 0.2) is 0 Å². The smallest absolute Gasteiger partial charge is 0.344 e. The molecule has 0 unspecified atom stereocenters. The SMILES string of the molecule is CCc1[nH]c(=S)n(C)c1[N+](=O)[O-]. The summed E-state index contributed by atoms with van der Waals surface area (Å²) in [7, 11) is 1.58. The van der Waals surface area contributed by atoms with Gasteiger partial charge in [0.1, 0.15) is 5.69 Å². The van der Waals surface area contributed by atoms with E-state index in [1.54, 1.807) is 7.05 Å². The van der Waals surface area contributed by atoms with E-state index in [-0.39, 0.29) is 5.82 Å². The van der Waals surface area contributed by atoms with Crippen molar-refractivity contribution in [3.05, 3.63) is 20.6 Å². The third-order valence-electron chi connectivity index (χ3n) is 1.68. The zero-order chi connectivity index (χ0) is 9.30. The number of H-pyrrole nitrogens is 1. The molecule has 0 aliphatic carbocycles. The molecular weight excluding hydrogens is 178 g/mol. The molecule has 0 saturated carbocycles. The van der Waals surface area contributed by atoms with Crippen molar-refractivity contribution in [3.8, 4) is 0 Å². The van der Waals surface area contributed by atoms with Gasteiger partial charge in [-0.3, -0.25) is 0 Å². The highest BCUT2D eigenvalue weighted by Gasteiger charge is 2.17. The summed E-state index contributed by atoms with van der Waals surface area (Å²) in [5.41, 5.74) is 0.576. The lowest BCUT2D eigenvalue weighted by molar-refractivity contribution is -0.392. The predicted octanol–water partition coefficient (Wildman–Crippen LogP) is 1.55. The highest BCUT2D eigenvalue weighted by molar-refractivity contribution is 7.71. The minimum atomic E-state index is -0.425. The van der Waals surface area contributed by atoms with E-state index >= 15 is 0 Å². The summed E-state index contributed by atoms with van der Waals surface area (Å²) in [5, 5.41) is 10.5. The zero-order valence-corrected chi connectivity index (χ0v) is 7.64. The number of hydrogen-bond acceptors (Lipinski definition) is 3. The van der Waals surface area contributed by atoms with Gasteiger partial charge in [-0.2, -0.15) is 0 Å². The minimum Gasteiger partial charge on any atom is -0.358 e. The van der Waals surface area contributed by atoms with Crippen LogP contribution in [0.1, 0.15) is 12.6 Å². The molecule has 0 amide bonds. The molecule has 5 nitrogen and oxygen atoms in total. The first-order valence-electron chi connectivity index (χ1n) is 3.50. The molecule has 0 fully saturated rings. The van der Waals surface area contributed by atoms with Crippen molar-refractivity contribution in [2.75, 3.05) is 0 Å². The fourth-order valence-corrected chi connectivity index (χ4v) is 1.26. The molecule has 1 rings (SSSR count). The van der Waals surface area contributed by atoms with Crippen molar-refractivity contribution >= 4 is 18.0 Å². The Morgan fingerprint density at radius 3 is 2.67 bits per heavy atom. The fraction of sp³-hybridized carbons (Fsp3) is 0.500.